The average molecular weight is 236 g/mol. The highest BCUT2D eigenvalue weighted by atomic mass is 16.5. The molecule has 92 valence electrons. The van der Waals surface area contributed by atoms with Gasteiger partial charge in [-0.3, -0.25) is 0 Å². The Balaban J connectivity index is 2.78. The molecule has 0 fully saturated rings. The number of esters is 1. The summed E-state index contributed by atoms with van der Waals surface area (Å²) in [6, 6.07) is 7.62. The van der Waals surface area contributed by atoms with E-state index in [0.29, 0.717) is 0 Å². The number of anilines is 1. The van der Waals surface area contributed by atoms with Crippen LogP contribution in [0.4, 0.5) is 5.69 Å². The van der Waals surface area contributed by atoms with Crippen molar-refractivity contribution in [1.82, 2.24) is 0 Å². The maximum Gasteiger partial charge on any atom is 0.356 e. The highest BCUT2D eigenvalue weighted by Gasteiger charge is 2.13. The molecule has 0 aromatic heterocycles. The normalized spacial score (nSPS) is 11.1. The second-order valence-corrected chi connectivity index (χ2v) is 3.78. The van der Waals surface area contributed by atoms with E-state index < -0.39 is 5.97 Å². The van der Waals surface area contributed by atoms with Gasteiger partial charge < -0.3 is 14.8 Å². The number of oxime groups is 1. The van der Waals surface area contributed by atoms with Gasteiger partial charge in [0.1, 0.15) is 0 Å². The van der Waals surface area contributed by atoms with Crippen molar-refractivity contribution in [3.8, 4) is 0 Å². The molecule has 5 nitrogen and oxygen atoms in total. The summed E-state index contributed by atoms with van der Waals surface area (Å²) in [5.41, 5.74) is 1.94. The predicted octanol–water partition coefficient (Wildman–Crippen LogP) is 1.30. The van der Waals surface area contributed by atoms with Crippen LogP contribution in [0.15, 0.2) is 29.4 Å². The van der Waals surface area contributed by atoms with Gasteiger partial charge in [-0.05, 0) is 17.7 Å². The van der Waals surface area contributed by atoms with Crippen LogP contribution >= 0.6 is 0 Å². The molecule has 0 aliphatic rings. The van der Waals surface area contributed by atoms with Gasteiger partial charge in [-0.25, -0.2) is 4.79 Å². The molecule has 0 amide bonds. The number of hydrogen-bond acceptors (Lipinski definition) is 5. The first kappa shape index (κ1) is 13.0. The number of carbonyl (C=O) groups is 1. The lowest BCUT2D eigenvalue weighted by molar-refractivity contribution is -0.132. The maximum absolute atomic E-state index is 11.2. The zero-order valence-corrected chi connectivity index (χ0v) is 10.2. The number of hydrogen-bond donors (Lipinski definition) is 1. The van der Waals surface area contributed by atoms with Crippen molar-refractivity contribution in [3.05, 3.63) is 29.8 Å². The first-order valence-electron chi connectivity index (χ1n) is 5.14. The Morgan fingerprint density at radius 2 is 1.94 bits per heavy atom. The van der Waals surface area contributed by atoms with E-state index in [1.54, 1.807) is 0 Å². The third kappa shape index (κ3) is 3.48. The van der Waals surface area contributed by atoms with Gasteiger partial charge in [0.2, 0.25) is 0 Å². The minimum atomic E-state index is -0.621. The predicted molar refractivity (Wildman–Crippen MR) is 65.7 cm³/mol. The van der Waals surface area contributed by atoms with Gasteiger partial charge in [0, 0.05) is 26.2 Å². The fourth-order valence-electron chi connectivity index (χ4n) is 1.37. The molecule has 0 radical (unpaired) electrons. The van der Waals surface area contributed by atoms with E-state index in [1.165, 1.54) is 7.11 Å². The maximum atomic E-state index is 11.2. The molecule has 0 saturated carbocycles. The van der Waals surface area contributed by atoms with Gasteiger partial charge in [-0.2, -0.15) is 0 Å². The van der Waals surface area contributed by atoms with Crippen molar-refractivity contribution in [2.45, 2.75) is 6.42 Å². The number of ether oxygens (including phenoxy) is 1. The number of benzene rings is 1. The van der Waals surface area contributed by atoms with E-state index in [-0.39, 0.29) is 12.1 Å². The van der Waals surface area contributed by atoms with Crippen LogP contribution in [0.25, 0.3) is 0 Å². The molecule has 0 heterocycles. The average Bonchev–Trinajstić information content (AvgIpc) is 2.35. The molecular formula is C12H16N2O3. The zero-order valence-electron chi connectivity index (χ0n) is 10.2. The molecule has 17 heavy (non-hydrogen) atoms. The van der Waals surface area contributed by atoms with Crippen LogP contribution in [-0.4, -0.2) is 38.1 Å². The van der Waals surface area contributed by atoms with Gasteiger partial charge in [-0.1, -0.05) is 17.3 Å². The van der Waals surface area contributed by atoms with Crippen molar-refractivity contribution < 1.29 is 14.7 Å². The Morgan fingerprint density at radius 1 is 1.35 bits per heavy atom. The quantitative estimate of drug-likeness (QED) is 0.370. The second-order valence-electron chi connectivity index (χ2n) is 3.78. The summed E-state index contributed by atoms with van der Waals surface area (Å²) in [7, 11) is 5.15. The number of nitrogens with zero attached hydrogens (tertiary/aromatic N) is 2. The number of methoxy groups -OCH3 is 1. The standard InChI is InChI=1S/C12H16N2O3/c1-14(2)10-6-4-9(5-7-10)8-11(13-16)12(15)17-3/h4-7,16H,8H2,1-3H3/b13-11-. The van der Waals surface area contributed by atoms with Crippen LogP contribution in [0.2, 0.25) is 0 Å². The lowest BCUT2D eigenvalue weighted by Crippen LogP contribution is -2.18. The minimum Gasteiger partial charge on any atom is -0.464 e. The minimum absolute atomic E-state index is 0.00916. The van der Waals surface area contributed by atoms with Crippen molar-refractivity contribution in [3.63, 3.8) is 0 Å². The SMILES string of the molecule is COC(=O)/C(Cc1ccc(N(C)C)cc1)=N\O. The summed E-state index contributed by atoms with van der Waals surface area (Å²) in [5, 5.41) is 11.7. The van der Waals surface area contributed by atoms with Gasteiger partial charge in [0.05, 0.1) is 7.11 Å². The van der Waals surface area contributed by atoms with Gasteiger partial charge >= 0.3 is 5.97 Å². The fraction of sp³-hybridized carbons (Fsp3) is 0.333. The van der Waals surface area contributed by atoms with E-state index in [1.807, 2.05) is 43.3 Å². The molecular weight excluding hydrogens is 220 g/mol. The molecule has 1 N–H and O–H groups in total. The Kier molecular flexibility index (Phi) is 4.51. The summed E-state index contributed by atoms with van der Waals surface area (Å²) in [6.07, 6.45) is 0.247. The summed E-state index contributed by atoms with van der Waals surface area (Å²) in [4.78, 5) is 13.2. The molecule has 1 aromatic rings. The van der Waals surface area contributed by atoms with Crippen LogP contribution in [0, 0.1) is 0 Å². The molecule has 0 unspecified atom stereocenters. The van der Waals surface area contributed by atoms with Gasteiger partial charge in [0.25, 0.3) is 0 Å². The van der Waals surface area contributed by atoms with Crippen LogP contribution in [0.3, 0.4) is 0 Å². The van der Waals surface area contributed by atoms with Crippen molar-refractivity contribution >= 4 is 17.4 Å². The van der Waals surface area contributed by atoms with E-state index in [4.69, 9.17) is 5.21 Å². The molecule has 0 aliphatic heterocycles. The first-order chi connectivity index (χ1) is 8.08. The Bertz CT molecular complexity index is 410. The number of carbonyl (C=O) groups excluding carboxylic acids is 1. The van der Waals surface area contributed by atoms with Crippen LogP contribution in [0.5, 0.6) is 0 Å². The van der Waals surface area contributed by atoms with Crippen molar-refractivity contribution in [2.24, 2.45) is 5.16 Å². The molecule has 0 saturated heterocycles. The highest BCUT2D eigenvalue weighted by molar-refractivity contribution is 6.36. The first-order valence-corrected chi connectivity index (χ1v) is 5.14. The van der Waals surface area contributed by atoms with Crippen LogP contribution < -0.4 is 4.90 Å². The molecule has 0 aliphatic carbocycles. The zero-order chi connectivity index (χ0) is 12.8. The summed E-state index contributed by atoms with van der Waals surface area (Å²) in [5.74, 6) is -0.621. The summed E-state index contributed by atoms with van der Waals surface area (Å²) < 4.78 is 4.50. The largest absolute Gasteiger partial charge is 0.464 e. The Morgan fingerprint density at radius 3 is 2.35 bits per heavy atom. The summed E-state index contributed by atoms with van der Waals surface area (Å²) in [6.45, 7) is 0. The number of rotatable bonds is 4. The molecule has 0 atom stereocenters. The molecule has 5 heteroatoms. The molecule has 0 bridgehead atoms. The van der Waals surface area contributed by atoms with Crippen LogP contribution in [0.1, 0.15) is 5.56 Å². The third-order valence-corrected chi connectivity index (χ3v) is 2.37. The smallest absolute Gasteiger partial charge is 0.356 e. The molecule has 1 rings (SSSR count). The lowest BCUT2D eigenvalue weighted by atomic mass is 10.1. The lowest BCUT2D eigenvalue weighted by Gasteiger charge is -2.12. The van der Waals surface area contributed by atoms with E-state index >= 15 is 0 Å². The summed E-state index contributed by atoms with van der Waals surface area (Å²) >= 11 is 0. The Labute approximate surface area is 100 Å². The van der Waals surface area contributed by atoms with E-state index in [9.17, 15) is 4.79 Å². The topological polar surface area (TPSA) is 62.1 Å². The van der Waals surface area contributed by atoms with Gasteiger partial charge in [-0.15, -0.1) is 0 Å². The molecule has 0 spiro atoms. The van der Waals surface area contributed by atoms with Gasteiger partial charge in [0.15, 0.2) is 5.71 Å². The van der Waals surface area contributed by atoms with E-state index in [0.717, 1.165) is 11.3 Å². The monoisotopic (exact) mass is 236 g/mol. The Hall–Kier alpha value is -2.04. The molecule has 1 aromatic carbocycles. The van der Waals surface area contributed by atoms with Crippen LogP contribution in [-0.2, 0) is 16.0 Å². The van der Waals surface area contributed by atoms with Crippen molar-refractivity contribution in [2.75, 3.05) is 26.1 Å². The highest BCUT2D eigenvalue weighted by Crippen LogP contribution is 2.13. The second kappa shape index (κ2) is 5.89. The third-order valence-electron chi connectivity index (χ3n) is 2.37. The fourth-order valence-corrected chi connectivity index (χ4v) is 1.37. The van der Waals surface area contributed by atoms with E-state index in [2.05, 4.69) is 9.89 Å². The van der Waals surface area contributed by atoms with Crippen molar-refractivity contribution in [1.29, 1.82) is 0 Å².